The molecule has 0 heterocycles. The Labute approximate surface area is 120 Å². The molecule has 0 saturated heterocycles. The third kappa shape index (κ3) is 3.21. The maximum absolute atomic E-state index is 12.1. The van der Waals surface area contributed by atoms with Crippen molar-refractivity contribution in [1.82, 2.24) is 0 Å². The summed E-state index contributed by atoms with van der Waals surface area (Å²) in [7, 11) is 0. The van der Waals surface area contributed by atoms with Gasteiger partial charge in [-0.3, -0.25) is 4.79 Å². The molecule has 2 rings (SSSR count). The second kappa shape index (κ2) is 5.68. The maximum Gasteiger partial charge on any atom is 0.168 e. The Morgan fingerprint density at radius 3 is 2.44 bits per heavy atom. The van der Waals surface area contributed by atoms with Crippen molar-refractivity contribution < 1.29 is 4.79 Å². The summed E-state index contributed by atoms with van der Waals surface area (Å²) in [4.78, 5) is 12.1. The van der Waals surface area contributed by atoms with E-state index in [0.717, 1.165) is 15.6 Å². The zero-order valence-corrected chi connectivity index (χ0v) is 12.3. The quantitative estimate of drug-likeness (QED) is 0.739. The number of hydrogen-bond donors (Lipinski definition) is 0. The standard InChI is InChI=1S/C15H12BrClO/c1-10-2-7-13(14(17)8-10)15(18)9-11-3-5-12(16)6-4-11/h2-8H,9H2,1H3. The minimum absolute atomic E-state index is 0.0438. The summed E-state index contributed by atoms with van der Waals surface area (Å²) in [6, 6.07) is 13.2. The molecule has 0 fully saturated rings. The highest BCUT2D eigenvalue weighted by atomic mass is 79.9. The van der Waals surface area contributed by atoms with Crippen molar-refractivity contribution in [3.63, 3.8) is 0 Å². The van der Waals surface area contributed by atoms with E-state index < -0.39 is 0 Å². The lowest BCUT2D eigenvalue weighted by Crippen LogP contribution is -2.04. The van der Waals surface area contributed by atoms with Crippen molar-refractivity contribution in [2.24, 2.45) is 0 Å². The van der Waals surface area contributed by atoms with Crippen LogP contribution in [0.5, 0.6) is 0 Å². The highest BCUT2D eigenvalue weighted by Gasteiger charge is 2.11. The molecule has 18 heavy (non-hydrogen) atoms. The van der Waals surface area contributed by atoms with Crippen molar-refractivity contribution in [3.8, 4) is 0 Å². The van der Waals surface area contributed by atoms with Crippen LogP contribution in [0.3, 0.4) is 0 Å². The molecule has 0 bridgehead atoms. The SMILES string of the molecule is Cc1ccc(C(=O)Cc2ccc(Br)cc2)c(Cl)c1. The molecule has 0 aliphatic carbocycles. The van der Waals surface area contributed by atoms with E-state index >= 15 is 0 Å². The van der Waals surface area contributed by atoms with Gasteiger partial charge in [0.15, 0.2) is 5.78 Å². The molecule has 0 saturated carbocycles. The molecule has 0 aromatic heterocycles. The van der Waals surface area contributed by atoms with Crippen LogP contribution in [0.25, 0.3) is 0 Å². The van der Waals surface area contributed by atoms with E-state index in [1.54, 1.807) is 6.07 Å². The predicted octanol–water partition coefficient (Wildman–Crippen LogP) is 4.84. The Morgan fingerprint density at radius 2 is 1.83 bits per heavy atom. The van der Waals surface area contributed by atoms with Crippen LogP contribution in [-0.2, 0) is 6.42 Å². The van der Waals surface area contributed by atoms with Gasteiger partial charge >= 0.3 is 0 Å². The normalized spacial score (nSPS) is 10.4. The largest absolute Gasteiger partial charge is 0.294 e. The highest BCUT2D eigenvalue weighted by Crippen LogP contribution is 2.20. The van der Waals surface area contributed by atoms with Gasteiger partial charge in [-0.25, -0.2) is 0 Å². The fourth-order valence-electron chi connectivity index (χ4n) is 1.73. The number of Topliss-reactive ketones (excluding diaryl/α,β-unsaturated/α-hetero) is 1. The molecule has 0 amide bonds. The average Bonchev–Trinajstić information content (AvgIpc) is 2.32. The minimum atomic E-state index is 0.0438. The molecular formula is C15H12BrClO. The molecule has 0 atom stereocenters. The number of benzene rings is 2. The van der Waals surface area contributed by atoms with E-state index in [1.807, 2.05) is 43.3 Å². The van der Waals surface area contributed by atoms with Crippen LogP contribution in [-0.4, -0.2) is 5.78 Å². The van der Waals surface area contributed by atoms with E-state index in [2.05, 4.69) is 15.9 Å². The second-order valence-electron chi connectivity index (χ2n) is 4.21. The van der Waals surface area contributed by atoms with Gasteiger partial charge in [-0.2, -0.15) is 0 Å². The Bertz CT molecular complexity index is 576. The van der Waals surface area contributed by atoms with Gasteiger partial charge in [0.25, 0.3) is 0 Å². The van der Waals surface area contributed by atoms with E-state index in [4.69, 9.17) is 11.6 Å². The molecule has 0 radical (unpaired) electrons. The van der Waals surface area contributed by atoms with Crippen LogP contribution in [0.2, 0.25) is 5.02 Å². The molecule has 3 heteroatoms. The predicted molar refractivity (Wildman–Crippen MR) is 78.4 cm³/mol. The first-order valence-corrected chi connectivity index (χ1v) is 6.77. The number of hydrogen-bond acceptors (Lipinski definition) is 1. The monoisotopic (exact) mass is 322 g/mol. The van der Waals surface area contributed by atoms with Crippen molar-refractivity contribution in [2.45, 2.75) is 13.3 Å². The number of halogens is 2. The van der Waals surface area contributed by atoms with Crippen molar-refractivity contribution >= 4 is 33.3 Å². The summed E-state index contributed by atoms with van der Waals surface area (Å²) in [6.07, 6.45) is 0.371. The molecule has 92 valence electrons. The van der Waals surface area contributed by atoms with Crippen LogP contribution < -0.4 is 0 Å². The van der Waals surface area contributed by atoms with Gasteiger partial charge in [0, 0.05) is 16.5 Å². The van der Waals surface area contributed by atoms with Crippen molar-refractivity contribution in [3.05, 3.63) is 68.7 Å². The molecule has 0 N–H and O–H groups in total. The molecule has 2 aromatic rings. The molecule has 1 nitrogen and oxygen atoms in total. The average molecular weight is 324 g/mol. The van der Waals surface area contributed by atoms with Gasteiger partial charge in [0.1, 0.15) is 0 Å². The first-order valence-electron chi connectivity index (χ1n) is 5.60. The molecule has 0 aliphatic heterocycles. The third-order valence-electron chi connectivity index (χ3n) is 2.70. The van der Waals surface area contributed by atoms with Crippen LogP contribution >= 0.6 is 27.5 Å². The molecule has 2 aromatic carbocycles. The summed E-state index contributed by atoms with van der Waals surface area (Å²) < 4.78 is 1.01. The Balaban J connectivity index is 2.19. The molecule has 0 unspecified atom stereocenters. The Kier molecular flexibility index (Phi) is 4.20. The van der Waals surface area contributed by atoms with E-state index in [-0.39, 0.29) is 5.78 Å². The zero-order chi connectivity index (χ0) is 13.1. The third-order valence-corrected chi connectivity index (χ3v) is 3.54. The lowest BCUT2D eigenvalue weighted by molar-refractivity contribution is 0.0993. The van der Waals surface area contributed by atoms with Crippen molar-refractivity contribution in [1.29, 1.82) is 0 Å². The zero-order valence-electron chi connectivity index (χ0n) is 9.91. The molecule has 0 aliphatic rings. The van der Waals surface area contributed by atoms with Gasteiger partial charge in [-0.05, 0) is 42.3 Å². The molecule has 0 spiro atoms. The number of carbonyl (C=O) groups excluding carboxylic acids is 1. The van der Waals surface area contributed by atoms with Crippen molar-refractivity contribution in [2.75, 3.05) is 0 Å². The highest BCUT2D eigenvalue weighted by molar-refractivity contribution is 9.10. The topological polar surface area (TPSA) is 17.1 Å². The second-order valence-corrected chi connectivity index (χ2v) is 5.53. The van der Waals surface area contributed by atoms with Gasteiger partial charge < -0.3 is 0 Å². The first-order chi connectivity index (χ1) is 8.56. The van der Waals surface area contributed by atoms with Crippen LogP contribution in [0.15, 0.2) is 46.9 Å². The summed E-state index contributed by atoms with van der Waals surface area (Å²) in [6.45, 7) is 1.95. The van der Waals surface area contributed by atoms with Gasteiger partial charge in [-0.1, -0.05) is 45.7 Å². The Hall–Kier alpha value is -1.12. The number of carbonyl (C=O) groups is 1. The lowest BCUT2D eigenvalue weighted by atomic mass is 10.0. The number of aryl methyl sites for hydroxylation is 1. The summed E-state index contributed by atoms with van der Waals surface area (Å²) in [5, 5.41) is 0.525. The minimum Gasteiger partial charge on any atom is -0.294 e. The van der Waals surface area contributed by atoms with Crippen LogP contribution in [0, 0.1) is 6.92 Å². The van der Waals surface area contributed by atoms with Crippen LogP contribution in [0.4, 0.5) is 0 Å². The number of rotatable bonds is 3. The first kappa shape index (κ1) is 13.3. The van der Waals surface area contributed by atoms with E-state index in [0.29, 0.717) is 17.0 Å². The van der Waals surface area contributed by atoms with Gasteiger partial charge in [0.2, 0.25) is 0 Å². The summed E-state index contributed by atoms with van der Waals surface area (Å²) >= 11 is 9.46. The fourth-order valence-corrected chi connectivity index (χ4v) is 2.33. The summed E-state index contributed by atoms with van der Waals surface area (Å²) in [5.41, 5.74) is 2.63. The summed E-state index contributed by atoms with van der Waals surface area (Å²) in [5.74, 6) is 0.0438. The maximum atomic E-state index is 12.1. The smallest absolute Gasteiger partial charge is 0.168 e. The molecular weight excluding hydrogens is 312 g/mol. The van der Waals surface area contributed by atoms with Gasteiger partial charge in [0.05, 0.1) is 5.02 Å². The van der Waals surface area contributed by atoms with E-state index in [9.17, 15) is 4.79 Å². The van der Waals surface area contributed by atoms with Gasteiger partial charge in [-0.15, -0.1) is 0 Å². The fraction of sp³-hybridized carbons (Fsp3) is 0.133. The number of ketones is 1. The Morgan fingerprint density at radius 1 is 1.17 bits per heavy atom. The lowest BCUT2D eigenvalue weighted by Gasteiger charge is -2.05. The van der Waals surface area contributed by atoms with E-state index in [1.165, 1.54) is 0 Å². The van der Waals surface area contributed by atoms with Crippen LogP contribution in [0.1, 0.15) is 21.5 Å².